The van der Waals surface area contributed by atoms with Crippen LogP contribution in [0.2, 0.25) is 0 Å². The van der Waals surface area contributed by atoms with Crippen LogP contribution in [0.15, 0.2) is 12.1 Å². The van der Waals surface area contributed by atoms with E-state index in [0.717, 1.165) is 11.3 Å². The summed E-state index contributed by atoms with van der Waals surface area (Å²) >= 11 is 1.17. The van der Waals surface area contributed by atoms with E-state index in [1.807, 2.05) is 13.8 Å². The summed E-state index contributed by atoms with van der Waals surface area (Å²) in [5.41, 5.74) is 0. The second-order valence-electron chi connectivity index (χ2n) is 3.03. The van der Waals surface area contributed by atoms with Crippen molar-refractivity contribution >= 4 is 16.3 Å². The summed E-state index contributed by atoms with van der Waals surface area (Å²) < 4.78 is 5.46. The maximum absolute atomic E-state index is 10.4. The molecule has 0 aliphatic carbocycles. The number of thiophene rings is 1. The molecule has 0 N–H and O–H groups in total. The Morgan fingerprint density at radius 2 is 2.36 bits per heavy atom. The molecule has 0 radical (unpaired) electrons. The Balaban J connectivity index is 2.48. The Labute approximate surface area is 86.7 Å². The Morgan fingerprint density at radius 3 is 2.86 bits per heavy atom. The first kappa shape index (κ1) is 11.1. The Hall–Kier alpha value is -0.940. The summed E-state index contributed by atoms with van der Waals surface area (Å²) in [6, 6.07) is 3.26. The third kappa shape index (κ3) is 3.08. The molecule has 1 atom stereocenters. The highest BCUT2D eigenvalue weighted by atomic mass is 32.1. The van der Waals surface area contributed by atoms with Crippen molar-refractivity contribution in [2.75, 3.05) is 0 Å². The molecule has 0 fully saturated rings. The smallest absolute Gasteiger partial charge is 0.324 e. The van der Waals surface area contributed by atoms with E-state index in [9.17, 15) is 10.1 Å². The lowest BCUT2D eigenvalue weighted by Crippen LogP contribution is -2.04. The Kier molecular flexibility index (Phi) is 4.03. The second kappa shape index (κ2) is 5.07. The van der Waals surface area contributed by atoms with Crippen molar-refractivity contribution in [3.8, 4) is 0 Å². The predicted octanol–water partition coefficient (Wildman–Crippen LogP) is 2.97. The fraction of sp³-hybridized carbons (Fsp3) is 0.556. The molecule has 0 aliphatic rings. The van der Waals surface area contributed by atoms with Gasteiger partial charge in [-0.2, -0.15) is 0 Å². The van der Waals surface area contributed by atoms with E-state index in [-0.39, 0.29) is 16.0 Å². The molecule has 1 aromatic heterocycles. The summed E-state index contributed by atoms with van der Waals surface area (Å²) in [5.74, 6) is 0. The maximum atomic E-state index is 10.4. The molecular weight excluding hydrogens is 202 g/mol. The number of rotatable bonds is 5. The molecule has 0 saturated heterocycles. The summed E-state index contributed by atoms with van der Waals surface area (Å²) in [6.45, 7) is 4.50. The Morgan fingerprint density at radius 1 is 1.64 bits per heavy atom. The molecule has 0 aromatic carbocycles. The molecule has 78 valence electrons. The highest BCUT2D eigenvalue weighted by Gasteiger charge is 2.10. The van der Waals surface area contributed by atoms with Crippen LogP contribution in [0.3, 0.4) is 0 Å². The van der Waals surface area contributed by atoms with Gasteiger partial charge in [-0.05, 0) is 19.4 Å². The molecule has 0 amide bonds. The van der Waals surface area contributed by atoms with Crippen molar-refractivity contribution in [3.05, 3.63) is 27.1 Å². The van der Waals surface area contributed by atoms with Gasteiger partial charge < -0.3 is 4.74 Å². The minimum atomic E-state index is -0.378. The fourth-order valence-corrected chi connectivity index (χ4v) is 1.63. The van der Waals surface area contributed by atoms with Crippen LogP contribution in [0.25, 0.3) is 0 Å². The molecule has 1 heterocycles. The highest BCUT2D eigenvalue weighted by Crippen LogP contribution is 2.24. The largest absolute Gasteiger partial charge is 0.373 e. The molecule has 5 heteroatoms. The summed E-state index contributed by atoms with van der Waals surface area (Å²) in [6.07, 6.45) is 1.16. The summed E-state index contributed by atoms with van der Waals surface area (Å²) in [5, 5.41) is 10.6. The van der Waals surface area contributed by atoms with E-state index in [2.05, 4.69) is 0 Å². The van der Waals surface area contributed by atoms with Crippen molar-refractivity contribution in [2.45, 2.75) is 33.0 Å². The van der Waals surface area contributed by atoms with Gasteiger partial charge in [0.05, 0.1) is 17.6 Å². The van der Waals surface area contributed by atoms with Gasteiger partial charge in [0.25, 0.3) is 0 Å². The van der Waals surface area contributed by atoms with Crippen LogP contribution in [0.4, 0.5) is 5.00 Å². The van der Waals surface area contributed by atoms with Gasteiger partial charge in [-0.1, -0.05) is 18.3 Å². The van der Waals surface area contributed by atoms with Gasteiger partial charge in [0.2, 0.25) is 0 Å². The van der Waals surface area contributed by atoms with Crippen LogP contribution in [-0.4, -0.2) is 11.0 Å². The zero-order valence-electron chi connectivity index (χ0n) is 8.23. The van der Waals surface area contributed by atoms with Crippen molar-refractivity contribution in [1.82, 2.24) is 0 Å². The molecule has 1 aromatic rings. The normalized spacial score (nSPS) is 12.7. The van der Waals surface area contributed by atoms with Gasteiger partial charge in [0.1, 0.15) is 0 Å². The molecule has 0 spiro atoms. The van der Waals surface area contributed by atoms with E-state index in [4.69, 9.17) is 4.74 Å². The van der Waals surface area contributed by atoms with Crippen LogP contribution in [0.1, 0.15) is 25.1 Å². The Bertz CT molecular complexity index is 311. The number of nitrogens with zero attached hydrogens (tertiary/aromatic N) is 1. The predicted molar refractivity (Wildman–Crippen MR) is 55.5 cm³/mol. The van der Waals surface area contributed by atoms with Gasteiger partial charge in [0, 0.05) is 10.9 Å². The first-order valence-corrected chi connectivity index (χ1v) is 5.29. The molecule has 0 aliphatic heterocycles. The van der Waals surface area contributed by atoms with Gasteiger partial charge >= 0.3 is 5.00 Å². The summed E-state index contributed by atoms with van der Waals surface area (Å²) in [4.78, 5) is 10.9. The van der Waals surface area contributed by atoms with E-state index in [1.54, 1.807) is 6.07 Å². The monoisotopic (exact) mass is 215 g/mol. The van der Waals surface area contributed by atoms with Crippen molar-refractivity contribution < 1.29 is 9.66 Å². The number of hydrogen-bond acceptors (Lipinski definition) is 4. The summed E-state index contributed by atoms with van der Waals surface area (Å²) in [7, 11) is 0. The van der Waals surface area contributed by atoms with Crippen LogP contribution < -0.4 is 0 Å². The lowest BCUT2D eigenvalue weighted by molar-refractivity contribution is -0.380. The average molecular weight is 215 g/mol. The van der Waals surface area contributed by atoms with E-state index >= 15 is 0 Å². The van der Waals surface area contributed by atoms with Crippen molar-refractivity contribution in [3.63, 3.8) is 0 Å². The van der Waals surface area contributed by atoms with E-state index < -0.39 is 0 Å². The lowest BCUT2D eigenvalue weighted by Gasteiger charge is -2.08. The number of hydrogen-bond donors (Lipinski definition) is 0. The molecule has 4 nitrogen and oxygen atoms in total. The van der Waals surface area contributed by atoms with Gasteiger partial charge in [-0.25, -0.2) is 0 Å². The fourth-order valence-electron chi connectivity index (χ4n) is 0.885. The average Bonchev–Trinajstić information content (AvgIpc) is 2.62. The van der Waals surface area contributed by atoms with Gasteiger partial charge in [-0.15, -0.1) is 0 Å². The van der Waals surface area contributed by atoms with Crippen LogP contribution in [0.5, 0.6) is 0 Å². The molecular formula is C9H13NO3S. The minimum absolute atomic E-state index is 0.174. The van der Waals surface area contributed by atoms with E-state index in [0.29, 0.717) is 6.61 Å². The third-order valence-corrected chi connectivity index (χ3v) is 2.92. The molecule has 0 saturated carbocycles. The maximum Gasteiger partial charge on any atom is 0.324 e. The first-order chi connectivity index (χ1) is 6.63. The zero-order chi connectivity index (χ0) is 10.6. The number of nitro groups is 1. The number of ether oxygens (including phenoxy) is 1. The molecule has 1 unspecified atom stereocenters. The highest BCUT2D eigenvalue weighted by molar-refractivity contribution is 7.15. The molecule has 1 rings (SSSR count). The zero-order valence-corrected chi connectivity index (χ0v) is 9.04. The van der Waals surface area contributed by atoms with Crippen LogP contribution in [-0.2, 0) is 11.3 Å². The molecule has 14 heavy (non-hydrogen) atoms. The van der Waals surface area contributed by atoms with Crippen LogP contribution >= 0.6 is 11.3 Å². The van der Waals surface area contributed by atoms with Gasteiger partial charge in [-0.3, -0.25) is 10.1 Å². The van der Waals surface area contributed by atoms with Crippen LogP contribution in [0, 0.1) is 10.1 Å². The molecule has 0 bridgehead atoms. The first-order valence-electron chi connectivity index (χ1n) is 4.48. The topological polar surface area (TPSA) is 52.4 Å². The third-order valence-electron chi connectivity index (χ3n) is 1.91. The second-order valence-corrected chi connectivity index (χ2v) is 4.17. The standard InChI is InChI=1S/C9H13NO3S/c1-3-7(2)13-6-8-4-5-9(14-8)10(11)12/h4-5,7H,3,6H2,1-2H3. The minimum Gasteiger partial charge on any atom is -0.373 e. The SMILES string of the molecule is CCC(C)OCc1ccc([N+](=O)[O-])s1. The quantitative estimate of drug-likeness (QED) is 0.560. The van der Waals surface area contributed by atoms with E-state index in [1.165, 1.54) is 17.4 Å². The van der Waals surface area contributed by atoms with Gasteiger partial charge in [0.15, 0.2) is 0 Å². The lowest BCUT2D eigenvalue weighted by atomic mass is 10.3. The van der Waals surface area contributed by atoms with Crippen molar-refractivity contribution in [1.29, 1.82) is 0 Å². The van der Waals surface area contributed by atoms with Crippen molar-refractivity contribution in [2.24, 2.45) is 0 Å².